The molecule has 1 nitrogen and oxygen atoms in total. The zero-order chi connectivity index (χ0) is 11.3. The van der Waals surface area contributed by atoms with Crippen LogP contribution in [0.1, 0.15) is 36.1 Å². The number of fused-ring (bicyclic) bond motifs is 1. The Morgan fingerprint density at radius 1 is 0.533 bits per heavy atom. The fourth-order valence-electron chi connectivity index (χ4n) is 2.58. The van der Waals surface area contributed by atoms with Gasteiger partial charge in [-0.1, -0.05) is 0 Å². The summed E-state index contributed by atoms with van der Waals surface area (Å²) in [4.78, 5) is 0. The van der Waals surface area contributed by atoms with Gasteiger partial charge < -0.3 is 0 Å². The predicted octanol–water partition coefficient (Wildman–Crippen LogP) is 1.79. The van der Waals surface area contributed by atoms with Crippen molar-refractivity contribution in [3.63, 3.8) is 0 Å². The molecule has 0 aromatic heterocycles. The summed E-state index contributed by atoms with van der Waals surface area (Å²) in [6, 6.07) is 0. The van der Waals surface area contributed by atoms with Gasteiger partial charge in [0.25, 0.3) is 0 Å². The third-order valence-electron chi connectivity index (χ3n) is 3.75. The summed E-state index contributed by atoms with van der Waals surface area (Å²) < 4.78 is 0. The number of hydrogen-bond donors (Lipinski definition) is 0. The maximum Gasteiger partial charge on any atom is 0.0457 e. The average molecular weight is 200 g/mol. The molecule has 1 aromatic carbocycles. The molecule has 0 spiro atoms. The second kappa shape index (κ2) is 3.13. The van der Waals surface area contributed by atoms with Crippen LogP contribution in [0, 0.1) is 27.7 Å². The molecule has 0 unspecified atom stereocenters. The Morgan fingerprint density at radius 2 is 0.867 bits per heavy atom. The van der Waals surface area contributed by atoms with E-state index in [4.69, 9.17) is 0 Å². The maximum absolute atomic E-state index is 4.59. The molecule has 1 heteroatoms. The maximum atomic E-state index is 4.59. The summed E-state index contributed by atoms with van der Waals surface area (Å²) >= 11 is 0. The quantitative estimate of drug-likeness (QED) is 0.606. The Balaban J connectivity index is 3.14. The molecule has 0 bridgehead atoms. The molecule has 2 rings (SSSR count). The zero-order valence-corrected chi connectivity index (χ0v) is 10.4. The molecule has 1 radical (unpaired) electrons. The minimum Gasteiger partial charge on any atom is -0.257 e. The van der Waals surface area contributed by atoms with Crippen LogP contribution in [-0.4, -0.2) is 0 Å². The Hall–Kier alpha value is -1.24. The Kier molecular flexibility index (Phi) is 2.14. The minimum atomic E-state index is 1.17. The lowest BCUT2D eigenvalue weighted by Crippen LogP contribution is -2.31. The highest BCUT2D eigenvalue weighted by Crippen LogP contribution is 2.13. The van der Waals surface area contributed by atoms with Gasteiger partial charge in [-0.05, 0) is 63.8 Å². The van der Waals surface area contributed by atoms with Crippen LogP contribution >= 0.6 is 0 Å². The van der Waals surface area contributed by atoms with Crippen molar-refractivity contribution in [1.82, 2.24) is 5.32 Å². The lowest BCUT2D eigenvalue weighted by molar-refractivity contribution is 1.16. The molecule has 79 valence electrons. The highest BCUT2D eigenvalue weighted by molar-refractivity contribution is 5.65. The first-order valence-corrected chi connectivity index (χ1v) is 5.45. The van der Waals surface area contributed by atoms with Gasteiger partial charge in [0.2, 0.25) is 0 Å². The number of nitrogens with zero attached hydrogens (tertiary/aromatic N) is 1. The van der Waals surface area contributed by atoms with Gasteiger partial charge in [0, 0.05) is 21.8 Å². The van der Waals surface area contributed by atoms with Gasteiger partial charge in [0.1, 0.15) is 0 Å². The van der Waals surface area contributed by atoms with Gasteiger partial charge in [-0.15, -0.1) is 0 Å². The monoisotopic (exact) mass is 200 g/mol. The van der Waals surface area contributed by atoms with E-state index in [0.717, 1.165) is 0 Å². The van der Waals surface area contributed by atoms with Crippen molar-refractivity contribution in [3.8, 4) is 0 Å². The van der Waals surface area contributed by atoms with E-state index in [1.165, 1.54) is 44.1 Å². The van der Waals surface area contributed by atoms with Crippen molar-refractivity contribution >= 4 is 11.4 Å². The fourth-order valence-corrected chi connectivity index (χ4v) is 2.58. The molecule has 0 amide bonds. The third kappa shape index (κ3) is 1.22. The summed E-state index contributed by atoms with van der Waals surface area (Å²) in [6.07, 6.45) is 0. The first kappa shape index (κ1) is 10.3. The van der Waals surface area contributed by atoms with Crippen molar-refractivity contribution in [1.29, 1.82) is 0 Å². The highest BCUT2D eigenvalue weighted by Gasteiger charge is 2.15. The molecule has 0 saturated heterocycles. The summed E-state index contributed by atoms with van der Waals surface area (Å²) in [5.74, 6) is 0. The number of benzene rings is 1. The van der Waals surface area contributed by atoms with Crippen molar-refractivity contribution in [3.05, 3.63) is 32.7 Å². The Morgan fingerprint density at radius 3 is 1.20 bits per heavy atom. The minimum absolute atomic E-state index is 1.17. The molecule has 0 aliphatic carbocycles. The lowest BCUT2D eigenvalue weighted by Gasteiger charge is -2.09. The van der Waals surface area contributed by atoms with Crippen LogP contribution < -0.4 is 15.8 Å². The molecule has 1 aromatic rings. The standard InChI is InChI=1S/C14H18N/c1-7-8(2)10(4)14-12(6)15-11(5)13(14)9(7)3/h1-6H3. The van der Waals surface area contributed by atoms with Gasteiger partial charge in [0.05, 0.1) is 0 Å². The van der Waals surface area contributed by atoms with E-state index >= 15 is 0 Å². The molecule has 1 heterocycles. The SMILES string of the molecule is CC1=c2c(C)c(C)c(C)c(C)c2=C(C)[N]1. The van der Waals surface area contributed by atoms with E-state index in [-0.39, 0.29) is 0 Å². The molecular weight excluding hydrogens is 182 g/mol. The topological polar surface area (TPSA) is 14.1 Å². The van der Waals surface area contributed by atoms with E-state index in [0.29, 0.717) is 0 Å². The van der Waals surface area contributed by atoms with Crippen LogP contribution in [0.5, 0.6) is 0 Å². The lowest BCUT2D eigenvalue weighted by atomic mass is 9.95. The average Bonchev–Trinajstić information content (AvgIpc) is 2.47. The highest BCUT2D eigenvalue weighted by atomic mass is 14.9. The Labute approximate surface area is 91.5 Å². The Bertz CT molecular complexity index is 511. The second-order valence-corrected chi connectivity index (χ2v) is 4.53. The van der Waals surface area contributed by atoms with Crippen molar-refractivity contribution in [2.75, 3.05) is 0 Å². The molecule has 1 aliphatic heterocycles. The summed E-state index contributed by atoms with van der Waals surface area (Å²) in [5, 5.41) is 7.33. The summed E-state index contributed by atoms with van der Waals surface area (Å²) in [5.41, 5.74) is 7.96. The normalized spacial score (nSPS) is 14.3. The molecule has 0 saturated carbocycles. The van der Waals surface area contributed by atoms with Crippen LogP contribution in [0.15, 0.2) is 0 Å². The van der Waals surface area contributed by atoms with Crippen molar-refractivity contribution in [2.45, 2.75) is 41.5 Å². The van der Waals surface area contributed by atoms with Crippen LogP contribution in [0.2, 0.25) is 0 Å². The smallest absolute Gasteiger partial charge is 0.0457 e. The van der Waals surface area contributed by atoms with Crippen LogP contribution in [0.3, 0.4) is 0 Å². The van der Waals surface area contributed by atoms with E-state index in [2.05, 4.69) is 46.9 Å². The molecule has 0 atom stereocenters. The van der Waals surface area contributed by atoms with E-state index in [9.17, 15) is 0 Å². The van der Waals surface area contributed by atoms with Gasteiger partial charge >= 0.3 is 0 Å². The largest absolute Gasteiger partial charge is 0.257 e. The number of rotatable bonds is 0. The first-order chi connectivity index (χ1) is 6.95. The third-order valence-corrected chi connectivity index (χ3v) is 3.75. The van der Waals surface area contributed by atoms with Crippen LogP contribution in [0.4, 0.5) is 0 Å². The zero-order valence-electron chi connectivity index (χ0n) is 10.4. The van der Waals surface area contributed by atoms with Crippen LogP contribution in [0.25, 0.3) is 11.4 Å². The fraction of sp³-hybridized carbons (Fsp3) is 0.429. The summed E-state index contributed by atoms with van der Waals surface area (Å²) in [7, 11) is 0. The van der Waals surface area contributed by atoms with E-state index < -0.39 is 0 Å². The first-order valence-electron chi connectivity index (χ1n) is 5.45. The predicted molar refractivity (Wildman–Crippen MR) is 64.9 cm³/mol. The van der Waals surface area contributed by atoms with Crippen molar-refractivity contribution in [2.24, 2.45) is 0 Å². The number of hydrogen-bond acceptors (Lipinski definition) is 0. The van der Waals surface area contributed by atoms with Crippen LogP contribution in [-0.2, 0) is 0 Å². The second-order valence-electron chi connectivity index (χ2n) is 4.53. The van der Waals surface area contributed by atoms with E-state index in [1.54, 1.807) is 0 Å². The van der Waals surface area contributed by atoms with Crippen molar-refractivity contribution < 1.29 is 0 Å². The molecule has 1 aliphatic rings. The molecular formula is C14H18N. The summed E-state index contributed by atoms with van der Waals surface area (Å²) in [6.45, 7) is 13.0. The van der Waals surface area contributed by atoms with Gasteiger partial charge in [-0.3, -0.25) is 5.32 Å². The van der Waals surface area contributed by atoms with E-state index in [1.807, 2.05) is 0 Å². The molecule has 0 N–H and O–H groups in total. The van der Waals surface area contributed by atoms with Gasteiger partial charge in [0.15, 0.2) is 0 Å². The van der Waals surface area contributed by atoms with Gasteiger partial charge in [-0.25, -0.2) is 0 Å². The van der Waals surface area contributed by atoms with Gasteiger partial charge in [-0.2, -0.15) is 0 Å². The molecule has 15 heavy (non-hydrogen) atoms. The molecule has 0 fully saturated rings.